The normalized spacial score (nSPS) is 16.4. The molecule has 0 atom stereocenters. The number of fused-ring (bicyclic) bond motifs is 5. The van der Waals surface area contributed by atoms with E-state index in [1.807, 2.05) is 0 Å². The predicted octanol–water partition coefficient (Wildman–Crippen LogP) is 16.1. The van der Waals surface area contributed by atoms with Crippen LogP contribution in [0.1, 0.15) is 97.9 Å². The van der Waals surface area contributed by atoms with Crippen molar-refractivity contribution in [2.45, 2.75) is 82.5 Å². The maximum absolute atomic E-state index is 2.65. The van der Waals surface area contributed by atoms with Crippen molar-refractivity contribution in [3.8, 4) is 33.4 Å². The molecule has 0 N–H and O–H groups in total. The third-order valence-electron chi connectivity index (χ3n) is 14.8. The van der Waals surface area contributed by atoms with Crippen LogP contribution in [0.2, 0.25) is 0 Å². The number of hydrogen-bond acceptors (Lipinski definition) is 1. The van der Waals surface area contributed by atoms with Crippen molar-refractivity contribution in [1.29, 1.82) is 0 Å². The molecule has 304 valence electrons. The molecule has 0 spiro atoms. The van der Waals surface area contributed by atoms with Crippen LogP contribution in [-0.2, 0) is 29.1 Å². The van der Waals surface area contributed by atoms with E-state index in [0.29, 0.717) is 0 Å². The average Bonchev–Trinajstić information content (AvgIpc) is 3.61. The van der Waals surface area contributed by atoms with E-state index in [-0.39, 0.29) is 10.8 Å². The summed E-state index contributed by atoms with van der Waals surface area (Å²) < 4.78 is 0. The molecule has 0 saturated carbocycles. The van der Waals surface area contributed by atoms with Crippen molar-refractivity contribution in [2.24, 2.45) is 0 Å². The lowest BCUT2D eigenvalue weighted by Crippen LogP contribution is -2.34. The Morgan fingerprint density at radius 2 is 0.984 bits per heavy atom. The van der Waals surface area contributed by atoms with Gasteiger partial charge in [-0.2, -0.15) is 0 Å². The molecule has 0 aromatic heterocycles. The SMILES string of the molecule is CC1(C)CCC(C)(C)c2c(-c3cc4c(cc3N(c3ccc(-c5ccccc5)cc3)c3cccc5c3CCCC5)C(c3ccccc3)(c3ccccc3)c3ccccc3-4)cccc21. The van der Waals surface area contributed by atoms with Crippen molar-refractivity contribution in [3.63, 3.8) is 0 Å². The van der Waals surface area contributed by atoms with Crippen molar-refractivity contribution >= 4 is 17.1 Å². The van der Waals surface area contributed by atoms with Crippen LogP contribution < -0.4 is 4.90 Å². The molecule has 11 rings (SSSR count). The summed E-state index contributed by atoms with van der Waals surface area (Å²) in [7, 11) is 0. The van der Waals surface area contributed by atoms with E-state index >= 15 is 0 Å². The Bertz CT molecular complexity index is 2900. The molecule has 3 aliphatic rings. The fourth-order valence-electron chi connectivity index (χ4n) is 11.6. The van der Waals surface area contributed by atoms with Gasteiger partial charge >= 0.3 is 0 Å². The smallest absolute Gasteiger partial charge is 0.0714 e. The van der Waals surface area contributed by atoms with Gasteiger partial charge in [0.05, 0.1) is 11.1 Å². The van der Waals surface area contributed by atoms with Gasteiger partial charge in [0.1, 0.15) is 0 Å². The highest BCUT2D eigenvalue weighted by Crippen LogP contribution is 2.60. The topological polar surface area (TPSA) is 3.24 Å². The molecule has 0 aliphatic heterocycles. The molecule has 0 bridgehead atoms. The predicted molar refractivity (Wildman–Crippen MR) is 261 cm³/mol. The molecular weight excluding hydrogens is 747 g/mol. The van der Waals surface area contributed by atoms with Gasteiger partial charge in [0.15, 0.2) is 0 Å². The van der Waals surface area contributed by atoms with Gasteiger partial charge in [-0.05, 0) is 152 Å². The van der Waals surface area contributed by atoms with E-state index in [4.69, 9.17) is 0 Å². The number of aryl methyl sites for hydroxylation is 1. The Labute approximate surface area is 368 Å². The maximum Gasteiger partial charge on any atom is 0.0714 e. The van der Waals surface area contributed by atoms with E-state index < -0.39 is 5.41 Å². The van der Waals surface area contributed by atoms with Gasteiger partial charge in [-0.25, -0.2) is 0 Å². The molecule has 62 heavy (non-hydrogen) atoms. The van der Waals surface area contributed by atoms with Crippen LogP contribution in [0.15, 0.2) is 188 Å². The Kier molecular flexibility index (Phi) is 9.24. The molecule has 8 aromatic carbocycles. The molecule has 0 heterocycles. The summed E-state index contributed by atoms with van der Waals surface area (Å²) in [5.41, 5.74) is 22.1. The summed E-state index contributed by atoms with van der Waals surface area (Å²) in [4.78, 5) is 2.65. The molecule has 8 aromatic rings. The second-order valence-corrected chi connectivity index (χ2v) is 19.3. The van der Waals surface area contributed by atoms with E-state index in [9.17, 15) is 0 Å². The Balaban J connectivity index is 1.29. The average molecular weight is 802 g/mol. The third kappa shape index (κ3) is 6.04. The summed E-state index contributed by atoms with van der Waals surface area (Å²) in [6.07, 6.45) is 6.97. The van der Waals surface area contributed by atoms with Crippen molar-refractivity contribution in [2.75, 3.05) is 4.90 Å². The minimum atomic E-state index is -0.530. The first-order valence-electron chi connectivity index (χ1n) is 22.9. The second-order valence-electron chi connectivity index (χ2n) is 19.3. The van der Waals surface area contributed by atoms with Crippen molar-refractivity contribution < 1.29 is 0 Å². The first-order chi connectivity index (χ1) is 30.3. The molecule has 0 amide bonds. The molecule has 0 saturated heterocycles. The fourth-order valence-corrected chi connectivity index (χ4v) is 11.6. The van der Waals surface area contributed by atoms with Crippen LogP contribution in [0.25, 0.3) is 33.4 Å². The van der Waals surface area contributed by atoms with Gasteiger partial charge in [0.25, 0.3) is 0 Å². The molecule has 1 nitrogen and oxygen atoms in total. The van der Waals surface area contributed by atoms with Crippen molar-refractivity contribution in [1.82, 2.24) is 0 Å². The molecule has 0 unspecified atom stereocenters. The Morgan fingerprint density at radius 1 is 0.403 bits per heavy atom. The van der Waals surface area contributed by atoms with E-state index in [0.717, 1.165) is 19.3 Å². The van der Waals surface area contributed by atoms with Crippen LogP contribution in [0, 0.1) is 0 Å². The van der Waals surface area contributed by atoms with Gasteiger partial charge in [-0.3, -0.25) is 0 Å². The number of hydrogen-bond donors (Lipinski definition) is 0. The van der Waals surface area contributed by atoms with Gasteiger partial charge in [-0.15, -0.1) is 0 Å². The maximum atomic E-state index is 2.65. The molecule has 0 radical (unpaired) electrons. The third-order valence-corrected chi connectivity index (χ3v) is 14.8. The van der Waals surface area contributed by atoms with Gasteiger partial charge in [-0.1, -0.05) is 185 Å². The highest BCUT2D eigenvalue weighted by atomic mass is 15.1. The standard InChI is InChI=1S/C61H55N/c1-59(2)38-39-60(3,4)58-50(30-19-32-54(58)59)52-40-51-49-29-16-17-31-53(49)61(45-24-10-6-11-25-45,46-26-12-7-13-27-46)55(51)41-57(52)62(56-33-18-23-44-22-14-15-28-48(44)56)47-36-34-43(35-37-47)42-20-8-5-9-21-42/h5-13,16-21,23-27,29-37,40-41H,14-15,22,28,38-39H2,1-4H3. The molecule has 3 aliphatic carbocycles. The molecular formula is C61H55N. The monoisotopic (exact) mass is 801 g/mol. The fraction of sp³-hybridized carbons (Fsp3) is 0.213. The second kappa shape index (κ2) is 14.9. The van der Waals surface area contributed by atoms with Gasteiger partial charge < -0.3 is 4.90 Å². The van der Waals surface area contributed by atoms with Crippen molar-refractivity contribution in [3.05, 3.63) is 233 Å². The summed E-state index contributed by atoms with van der Waals surface area (Å²) in [6.45, 7) is 9.87. The molecule has 1 heteroatoms. The van der Waals surface area contributed by atoms with Crippen LogP contribution in [-0.4, -0.2) is 0 Å². The molecule has 0 fully saturated rings. The largest absolute Gasteiger partial charge is 0.310 e. The quantitative estimate of drug-likeness (QED) is 0.155. The van der Waals surface area contributed by atoms with Crippen LogP contribution in [0.3, 0.4) is 0 Å². The van der Waals surface area contributed by atoms with Crippen LogP contribution in [0.5, 0.6) is 0 Å². The summed E-state index contributed by atoms with van der Waals surface area (Å²) >= 11 is 0. The minimum Gasteiger partial charge on any atom is -0.310 e. The Hall–Kier alpha value is -6.44. The number of anilines is 3. The zero-order chi connectivity index (χ0) is 42.1. The first-order valence-corrected chi connectivity index (χ1v) is 22.9. The number of rotatable bonds is 7. The first kappa shape index (κ1) is 38.5. The number of nitrogens with zero attached hydrogens (tertiary/aromatic N) is 1. The highest BCUT2D eigenvalue weighted by molar-refractivity contribution is 5.98. The zero-order valence-electron chi connectivity index (χ0n) is 36.6. The zero-order valence-corrected chi connectivity index (χ0v) is 36.6. The summed E-state index contributed by atoms with van der Waals surface area (Å²) in [5, 5.41) is 0. The minimum absolute atomic E-state index is 0.00153. The lowest BCUT2D eigenvalue weighted by molar-refractivity contribution is 0.333. The van der Waals surface area contributed by atoms with Gasteiger partial charge in [0.2, 0.25) is 0 Å². The summed E-state index contributed by atoms with van der Waals surface area (Å²) in [5.74, 6) is 0. The lowest BCUT2D eigenvalue weighted by Gasteiger charge is -2.43. The van der Waals surface area contributed by atoms with E-state index in [1.54, 1.807) is 0 Å². The van der Waals surface area contributed by atoms with Gasteiger partial charge in [0, 0.05) is 16.9 Å². The summed E-state index contributed by atoms with van der Waals surface area (Å²) in [6, 6.07) is 71.5. The highest BCUT2D eigenvalue weighted by Gasteiger charge is 2.47. The van der Waals surface area contributed by atoms with E-state index in [1.165, 1.54) is 114 Å². The van der Waals surface area contributed by atoms with Crippen LogP contribution >= 0.6 is 0 Å². The number of benzene rings is 8. The van der Waals surface area contributed by atoms with Crippen LogP contribution in [0.4, 0.5) is 17.1 Å². The van der Waals surface area contributed by atoms with E-state index in [2.05, 4.69) is 221 Å². The Morgan fingerprint density at radius 3 is 1.71 bits per heavy atom. The lowest BCUT2D eigenvalue weighted by atomic mass is 9.61.